The Hall–Kier alpha value is -2.13. The van der Waals surface area contributed by atoms with Crippen LogP contribution in [0.15, 0.2) is 48.5 Å². The molecule has 1 heterocycles. The predicted molar refractivity (Wildman–Crippen MR) is 96.6 cm³/mol. The lowest BCUT2D eigenvalue weighted by molar-refractivity contribution is 0.0915. The molecule has 0 radical (unpaired) electrons. The average molecular weight is 323 g/mol. The molecule has 0 atom stereocenters. The Kier molecular flexibility index (Phi) is 5.65. The molecule has 0 N–H and O–H groups in total. The highest BCUT2D eigenvalue weighted by atomic mass is 16.5. The Bertz CT molecular complexity index is 675. The van der Waals surface area contributed by atoms with E-state index in [1.807, 2.05) is 55.5 Å². The van der Waals surface area contributed by atoms with Gasteiger partial charge in [0, 0.05) is 5.56 Å². The molecular weight excluding hydrogens is 298 g/mol. The van der Waals surface area contributed by atoms with E-state index in [2.05, 4.69) is 4.90 Å². The normalized spacial score (nSPS) is 15.2. The van der Waals surface area contributed by atoms with Gasteiger partial charge in [0.15, 0.2) is 5.78 Å². The van der Waals surface area contributed by atoms with Gasteiger partial charge < -0.3 is 4.74 Å². The zero-order valence-electron chi connectivity index (χ0n) is 14.3. The van der Waals surface area contributed by atoms with Crippen LogP contribution >= 0.6 is 0 Å². The van der Waals surface area contributed by atoms with E-state index in [1.54, 1.807) is 0 Å². The fraction of sp³-hybridized carbons (Fsp3) is 0.381. The second-order valence-corrected chi connectivity index (χ2v) is 6.51. The first-order chi connectivity index (χ1) is 11.7. The van der Waals surface area contributed by atoms with Crippen LogP contribution in [0.25, 0.3) is 0 Å². The standard InChI is InChI=1S/C21H25NO2/c1-17-14-19(20(23)15-22-12-6-3-7-13-22)10-11-21(17)24-16-18-8-4-2-5-9-18/h2,4-5,8-11,14H,3,6-7,12-13,15-16H2,1H3. The molecule has 0 amide bonds. The summed E-state index contributed by atoms with van der Waals surface area (Å²) in [5, 5.41) is 0. The summed E-state index contributed by atoms with van der Waals surface area (Å²) in [5.41, 5.74) is 2.93. The maximum atomic E-state index is 12.5. The smallest absolute Gasteiger partial charge is 0.176 e. The number of ketones is 1. The van der Waals surface area contributed by atoms with Crippen molar-refractivity contribution in [3.8, 4) is 5.75 Å². The SMILES string of the molecule is Cc1cc(C(=O)CN2CCCCC2)ccc1OCc1ccccc1. The Morgan fingerprint density at radius 2 is 1.79 bits per heavy atom. The van der Waals surface area contributed by atoms with Gasteiger partial charge in [-0.1, -0.05) is 36.8 Å². The molecule has 0 saturated carbocycles. The average Bonchev–Trinajstić information content (AvgIpc) is 2.62. The summed E-state index contributed by atoms with van der Waals surface area (Å²) in [5.74, 6) is 1.04. The van der Waals surface area contributed by atoms with Crippen molar-refractivity contribution < 1.29 is 9.53 Å². The largest absolute Gasteiger partial charge is 0.489 e. The molecule has 1 aliphatic rings. The third kappa shape index (κ3) is 4.45. The number of rotatable bonds is 6. The molecule has 0 bridgehead atoms. The van der Waals surface area contributed by atoms with Gasteiger partial charge in [0.25, 0.3) is 0 Å². The van der Waals surface area contributed by atoms with E-state index in [4.69, 9.17) is 4.74 Å². The van der Waals surface area contributed by atoms with Crippen molar-refractivity contribution in [1.29, 1.82) is 0 Å². The number of likely N-dealkylation sites (tertiary alicyclic amines) is 1. The van der Waals surface area contributed by atoms with E-state index in [-0.39, 0.29) is 5.78 Å². The lowest BCUT2D eigenvalue weighted by atomic mass is 10.1. The number of aryl methyl sites for hydroxylation is 1. The third-order valence-electron chi connectivity index (χ3n) is 4.55. The van der Waals surface area contributed by atoms with E-state index in [9.17, 15) is 4.79 Å². The number of carbonyl (C=O) groups is 1. The van der Waals surface area contributed by atoms with E-state index in [1.165, 1.54) is 19.3 Å². The van der Waals surface area contributed by atoms with Gasteiger partial charge in [-0.25, -0.2) is 0 Å². The number of hydrogen-bond donors (Lipinski definition) is 0. The molecule has 0 aromatic heterocycles. The topological polar surface area (TPSA) is 29.5 Å². The molecule has 3 heteroatoms. The minimum absolute atomic E-state index is 0.203. The van der Waals surface area contributed by atoms with Crippen LogP contribution < -0.4 is 4.74 Å². The molecule has 3 nitrogen and oxygen atoms in total. The van der Waals surface area contributed by atoms with Gasteiger partial charge in [-0.2, -0.15) is 0 Å². The number of hydrogen-bond acceptors (Lipinski definition) is 3. The van der Waals surface area contributed by atoms with Crippen LogP contribution in [0.1, 0.15) is 40.7 Å². The number of carbonyl (C=O) groups excluding carboxylic acids is 1. The Labute approximate surface area is 144 Å². The summed E-state index contributed by atoms with van der Waals surface area (Å²) in [6, 6.07) is 15.9. The second kappa shape index (κ2) is 8.11. The van der Waals surface area contributed by atoms with Crippen molar-refractivity contribution in [2.24, 2.45) is 0 Å². The van der Waals surface area contributed by atoms with Crippen LogP contribution in [-0.4, -0.2) is 30.3 Å². The number of ether oxygens (including phenoxy) is 1. The maximum absolute atomic E-state index is 12.5. The van der Waals surface area contributed by atoms with Crippen LogP contribution in [-0.2, 0) is 6.61 Å². The summed E-state index contributed by atoms with van der Waals surface area (Å²) in [7, 11) is 0. The molecule has 2 aromatic carbocycles. The summed E-state index contributed by atoms with van der Waals surface area (Å²) >= 11 is 0. The summed E-state index contributed by atoms with van der Waals surface area (Å²) in [6.07, 6.45) is 3.70. The summed E-state index contributed by atoms with van der Waals surface area (Å²) in [4.78, 5) is 14.7. The van der Waals surface area contributed by atoms with Crippen molar-refractivity contribution in [1.82, 2.24) is 4.90 Å². The van der Waals surface area contributed by atoms with Crippen molar-refractivity contribution in [3.63, 3.8) is 0 Å². The van der Waals surface area contributed by atoms with Gasteiger partial charge in [-0.3, -0.25) is 9.69 Å². The first kappa shape index (κ1) is 16.7. The molecule has 1 fully saturated rings. The molecule has 2 aromatic rings. The molecular formula is C21H25NO2. The number of nitrogens with zero attached hydrogens (tertiary/aromatic N) is 1. The minimum atomic E-state index is 0.203. The number of Topliss-reactive ketones (excluding diaryl/α,β-unsaturated/α-hetero) is 1. The molecule has 0 spiro atoms. The van der Waals surface area contributed by atoms with Gasteiger partial charge in [-0.15, -0.1) is 0 Å². The van der Waals surface area contributed by atoms with Gasteiger partial charge in [0.2, 0.25) is 0 Å². The first-order valence-electron chi connectivity index (χ1n) is 8.75. The molecule has 1 saturated heterocycles. The van der Waals surface area contributed by atoms with Crippen LogP contribution in [0, 0.1) is 6.92 Å². The van der Waals surface area contributed by atoms with E-state index in [0.717, 1.165) is 35.5 Å². The van der Waals surface area contributed by atoms with E-state index < -0.39 is 0 Å². The monoisotopic (exact) mass is 323 g/mol. The van der Waals surface area contributed by atoms with Crippen LogP contribution in [0.4, 0.5) is 0 Å². The maximum Gasteiger partial charge on any atom is 0.176 e. The van der Waals surface area contributed by atoms with Crippen LogP contribution in [0.3, 0.4) is 0 Å². The van der Waals surface area contributed by atoms with Crippen molar-refractivity contribution in [2.45, 2.75) is 32.8 Å². The third-order valence-corrected chi connectivity index (χ3v) is 4.55. The van der Waals surface area contributed by atoms with Gasteiger partial charge in [0.1, 0.15) is 12.4 Å². The zero-order chi connectivity index (χ0) is 16.8. The Morgan fingerprint density at radius 1 is 1.04 bits per heavy atom. The number of piperidine rings is 1. The van der Waals surface area contributed by atoms with Crippen LogP contribution in [0.2, 0.25) is 0 Å². The molecule has 3 rings (SSSR count). The Morgan fingerprint density at radius 3 is 2.50 bits per heavy atom. The van der Waals surface area contributed by atoms with Gasteiger partial charge in [-0.05, 0) is 62.2 Å². The van der Waals surface area contributed by atoms with Gasteiger partial charge >= 0.3 is 0 Å². The molecule has 0 unspecified atom stereocenters. The zero-order valence-corrected chi connectivity index (χ0v) is 14.3. The van der Waals surface area contributed by atoms with E-state index in [0.29, 0.717) is 13.2 Å². The van der Waals surface area contributed by atoms with Crippen molar-refractivity contribution in [3.05, 3.63) is 65.2 Å². The predicted octanol–water partition coefficient (Wildman–Crippen LogP) is 4.24. The van der Waals surface area contributed by atoms with Crippen molar-refractivity contribution >= 4 is 5.78 Å². The molecule has 24 heavy (non-hydrogen) atoms. The first-order valence-corrected chi connectivity index (χ1v) is 8.75. The van der Waals surface area contributed by atoms with Crippen molar-refractivity contribution in [2.75, 3.05) is 19.6 Å². The fourth-order valence-corrected chi connectivity index (χ4v) is 3.13. The lowest BCUT2D eigenvalue weighted by Crippen LogP contribution is -2.34. The number of benzene rings is 2. The quantitative estimate of drug-likeness (QED) is 0.745. The highest BCUT2D eigenvalue weighted by Crippen LogP contribution is 2.21. The van der Waals surface area contributed by atoms with Gasteiger partial charge in [0.05, 0.1) is 6.54 Å². The summed E-state index contributed by atoms with van der Waals surface area (Å²) in [6.45, 7) is 5.16. The lowest BCUT2D eigenvalue weighted by Gasteiger charge is -2.25. The highest BCUT2D eigenvalue weighted by Gasteiger charge is 2.15. The summed E-state index contributed by atoms with van der Waals surface area (Å²) < 4.78 is 5.89. The van der Waals surface area contributed by atoms with Crippen LogP contribution in [0.5, 0.6) is 5.75 Å². The highest BCUT2D eigenvalue weighted by molar-refractivity contribution is 5.98. The Balaban J connectivity index is 1.60. The fourth-order valence-electron chi connectivity index (χ4n) is 3.13. The minimum Gasteiger partial charge on any atom is -0.489 e. The van der Waals surface area contributed by atoms with E-state index >= 15 is 0 Å². The molecule has 1 aliphatic heterocycles. The molecule has 126 valence electrons. The second-order valence-electron chi connectivity index (χ2n) is 6.51. The molecule has 0 aliphatic carbocycles.